The number of nitrogens with zero attached hydrogens (tertiary/aromatic N) is 1. The molecule has 6 heteroatoms. The third kappa shape index (κ3) is 2.56. The molecule has 0 bridgehead atoms. The van der Waals surface area contributed by atoms with Gasteiger partial charge in [0.15, 0.2) is 11.5 Å². The highest BCUT2D eigenvalue weighted by atomic mass is 16.5. The van der Waals surface area contributed by atoms with E-state index >= 15 is 0 Å². The predicted molar refractivity (Wildman–Crippen MR) is 88.0 cm³/mol. The number of benzene rings is 2. The zero-order valence-corrected chi connectivity index (χ0v) is 13.4. The first-order valence-electron chi connectivity index (χ1n) is 7.42. The van der Waals surface area contributed by atoms with E-state index in [0.717, 1.165) is 0 Å². The maximum absolute atomic E-state index is 12.9. The fourth-order valence-corrected chi connectivity index (χ4v) is 2.94. The first-order valence-corrected chi connectivity index (χ1v) is 7.42. The normalized spacial score (nSPS) is 15.8. The van der Waals surface area contributed by atoms with Crippen LogP contribution in [0.4, 0.5) is 5.69 Å². The molecule has 0 spiro atoms. The van der Waals surface area contributed by atoms with Crippen LogP contribution in [0.3, 0.4) is 0 Å². The van der Waals surface area contributed by atoms with E-state index in [4.69, 9.17) is 9.47 Å². The molecular weight excluding hydrogens is 310 g/mol. The first-order chi connectivity index (χ1) is 11.6. The van der Waals surface area contributed by atoms with Crippen LogP contribution in [0.5, 0.6) is 11.5 Å². The molecule has 6 nitrogen and oxygen atoms in total. The van der Waals surface area contributed by atoms with Crippen molar-refractivity contribution in [2.75, 3.05) is 25.7 Å². The molecule has 3 rings (SSSR count). The maximum atomic E-state index is 12.9. The molecule has 1 atom stereocenters. The van der Waals surface area contributed by atoms with Crippen molar-refractivity contribution in [3.8, 4) is 11.5 Å². The molecule has 1 aliphatic rings. The van der Waals surface area contributed by atoms with E-state index in [1.54, 1.807) is 42.5 Å². The molecule has 0 saturated carbocycles. The van der Waals surface area contributed by atoms with E-state index in [0.29, 0.717) is 28.3 Å². The lowest BCUT2D eigenvalue weighted by Crippen LogP contribution is -2.31. The van der Waals surface area contributed by atoms with Gasteiger partial charge in [-0.25, -0.2) is 0 Å². The van der Waals surface area contributed by atoms with Crippen molar-refractivity contribution in [1.29, 1.82) is 0 Å². The minimum absolute atomic E-state index is 0.113. The minimum atomic E-state index is -0.940. The second kappa shape index (κ2) is 6.23. The molecule has 2 aromatic rings. The summed E-state index contributed by atoms with van der Waals surface area (Å²) < 4.78 is 10.4. The van der Waals surface area contributed by atoms with Gasteiger partial charge in [-0.1, -0.05) is 18.2 Å². The highest BCUT2D eigenvalue weighted by molar-refractivity contribution is 6.09. The largest absolute Gasteiger partial charge is 0.493 e. The highest BCUT2D eigenvalue weighted by Gasteiger charge is 2.36. The lowest BCUT2D eigenvalue weighted by molar-refractivity contribution is -0.138. The molecule has 1 heterocycles. The molecule has 1 unspecified atom stereocenters. The molecule has 24 heavy (non-hydrogen) atoms. The van der Waals surface area contributed by atoms with Crippen LogP contribution < -0.4 is 14.4 Å². The molecule has 2 aromatic carbocycles. The summed E-state index contributed by atoms with van der Waals surface area (Å²) in [6.07, 6.45) is 0. The standard InChI is InChI=1S/C18H17NO5/c1-23-15-8-7-11(9-16(15)24-2)17(20)19-10-13(18(21)22)12-5-3-4-6-14(12)19/h3-9,13H,10H2,1-2H3,(H,21,22). The van der Waals surface area contributed by atoms with Crippen molar-refractivity contribution >= 4 is 17.6 Å². The predicted octanol–water partition coefficient (Wildman–Crippen LogP) is 2.53. The van der Waals surface area contributed by atoms with Crippen molar-refractivity contribution in [1.82, 2.24) is 0 Å². The van der Waals surface area contributed by atoms with E-state index in [1.165, 1.54) is 19.1 Å². The van der Waals surface area contributed by atoms with Gasteiger partial charge in [0, 0.05) is 17.8 Å². The molecule has 0 fully saturated rings. The van der Waals surface area contributed by atoms with Crippen LogP contribution in [0.2, 0.25) is 0 Å². The van der Waals surface area contributed by atoms with Gasteiger partial charge in [-0.3, -0.25) is 9.59 Å². The Morgan fingerprint density at radius 1 is 1.08 bits per heavy atom. The van der Waals surface area contributed by atoms with Crippen molar-refractivity contribution in [3.63, 3.8) is 0 Å². The van der Waals surface area contributed by atoms with Gasteiger partial charge in [0.1, 0.15) is 5.92 Å². The smallest absolute Gasteiger partial charge is 0.312 e. The number of ether oxygens (including phenoxy) is 2. The first kappa shape index (κ1) is 15.9. The van der Waals surface area contributed by atoms with Crippen molar-refractivity contribution in [2.45, 2.75) is 5.92 Å². The number of amides is 1. The summed E-state index contributed by atoms with van der Waals surface area (Å²) in [6.45, 7) is 0.113. The Kier molecular flexibility index (Phi) is 4.12. The van der Waals surface area contributed by atoms with Gasteiger partial charge in [0.2, 0.25) is 0 Å². The summed E-state index contributed by atoms with van der Waals surface area (Å²) in [6, 6.07) is 12.0. The number of aliphatic carboxylic acids is 1. The fourth-order valence-electron chi connectivity index (χ4n) is 2.94. The summed E-state index contributed by atoms with van der Waals surface area (Å²) in [5.74, 6) is -0.951. The summed E-state index contributed by atoms with van der Waals surface area (Å²) in [5, 5.41) is 9.41. The Morgan fingerprint density at radius 2 is 1.79 bits per heavy atom. The van der Waals surface area contributed by atoms with E-state index in [1.807, 2.05) is 0 Å². The SMILES string of the molecule is COc1ccc(C(=O)N2CC(C(=O)O)c3ccccc32)cc1OC. The van der Waals surface area contributed by atoms with Crippen LogP contribution in [0, 0.1) is 0 Å². The number of hydrogen-bond acceptors (Lipinski definition) is 4. The number of anilines is 1. The number of rotatable bonds is 4. The molecule has 0 aliphatic carbocycles. The van der Waals surface area contributed by atoms with Gasteiger partial charge in [0.05, 0.1) is 14.2 Å². The van der Waals surface area contributed by atoms with Crippen LogP contribution in [-0.4, -0.2) is 37.7 Å². The quantitative estimate of drug-likeness (QED) is 0.934. The Balaban J connectivity index is 1.98. The zero-order valence-electron chi connectivity index (χ0n) is 13.4. The van der Waals surface area contributed by atoms with E-state index in [-0.39, 0.29) is 12.5 Å². The molecular formula is C18H17NO5. The van der Waals surface area contributed by atoms with Crippen molar-refractivity contribution in [2.24, 2.45) is 0 Å². The molecule has 0 radical (unpaired) electrons. The Labute approximate surface area is 139 Å². The van der Waals surface area contributed by atoms with Crippen LogP contribution in [0.25, 0.3) is 0 Å². The van der Waals surface area contributed by atoms with Crippen LogP contribution >= 0.6 is 0 Å². The number of para-hydroxylation sites is 1. The molecule has 0 saturated heterocycles. The van der Waals surface area contributed by atoms with E-state index < -0.39 is 11.9 Å². The van der Waals surface area contributed by atoms with Crippen molar-refractivity contribution < 1.29 is 24.2 Å². The van der Waals surface area contributed by atoms with Gasteiger partial charge in [-0.2, -0.15) is 0 Å². The summed E-state index contributed by atoms with van der Waals surface area (Å²) in [5.41, 5.74) is 1.69. The number of carboxylic acid groups (broad SMARTS) is 1. The van der Waals surface area contributed by atoms with Gasteiger partial charge in [-0.05, 0) is 29.8 Å². The molecule has 0 aromatic heterocycles. The van der Waals surface area contributed by atoms with E-state index in [9.17, 15) is 14.7 Å². The van der Waals surface area contributed by atoms with Crippen LogP contribution in [0.15, 0.2) is 42.5 Å². The monoisotopic (exact) mass is 327 g/mol. The zero-order chi connectivity index (χ0) is 17.3. The fraction of sp³-hybridized carbons (Fsp3) is 0.222. The second-order valence-corrected chi connectivity index (χ2v) is 5.44. The Hall–Kier alpha value is -3.02. The average Bonchev–Trinajstić information content (AvgIpc) is 3.00. The van der Waals surface area contributed by atoms with Gasteiger partial charge >= 0.3 is 5.97 Å². The third-order valence-electron chi connectivity index (χ3n) is 4.14. The lowest BCUT2D eigenvalue weighted by Gasteiger charge is -2.18. The number of carbonyl (C=O) groups excluding carboxylic acids is 1. The summed E-state index contributed by atoms with van der Waals surface area (Å²) in [4.78, 5) is 25.9. The number of carboxylic acids is 1. The molecule has 1 amide bonds. The number of fused-ring (bicyclic) bond motifs is 1. The molecule has 124 valence electrons. The van der Waals surface area contributed by atoms with Crippen LogP contribution in [0.1, 0.15) is 21.8 Å². The highest BCUT2D eigenvalue weighted by Crippen LogP contribution is 2.37. The Bertz CT molecular complexity index is 802. The number of hydrogen-bond donors (Lipinski definition) is 1. The third-order valence-corrected chi connectivity index (χ3v) is 4.14. The number of carbonyl (C=O) groups is 2. The number of methoxy groups -OCH3 is 2. The van der Waals surface area contributed by atoms with Gasteiger partial charge in [0.25, 0.3) is 5.91 Å². The summed E-state index contributed by atoms with van der Waals surface area (Å²) in [7, 11) is 3.02. The lowest BCUT2D eigenvalue weighted by atomic mass is 10.0. The molecule has 1 aliphatic heterocycles. The average molecular weight is 327 g/mol. The van der Waals surface area contributed by atoms with Crippen molar-refractivity contribution in [3.05, 3.63) is 53.6 Å². The second-order valence-electron chi connectivity index (χ2n) is 5.44. The summed E-state index contributed by atoms with van der Waals surface area (Å²) >= 11 is 0. The topological polar surface area (TPSA) is 76.1 Å². The maximum Gasteiger partial charge on any atom is 0.312 e. The van der Waals surface area contributed by atoms with Gasteiger partial charge in [-0.15, -0.1) is 0 Å². The van der Waals surface area contributed by atoms with E-state index in [2.05, 4.69) is 0 Å². The van der Waals surface area contributed by atoms with Gasteiger partial charge < -0.3 is 19.5 Å². The minimum Gasteiger partial charge on any atom is -0.493 e. The molecule has 1 N–H and O–H groups in total. The Morgan fingerprint density at radius 3 is 2.46 bits per heavy atom. The van der Waals surface area contributed by atoms with Crippen LogP contribution in [-0.2, 0) is 4.79 Å².